The lowest BCUT2D eigenvalue weighted by Crippen LogP contribution is -2.07. The first-order valence-electron chi connectivity index (χ1n) is 1.55. The van der Waals surface area contributed by atoms with Crippen molar-refractivity contribution in [3.63, 3.8) is 0 Å². The molecule has 1 radical (unpaired) electrons. The molecule has 0 rings (SSSR count). The first kappa shape index (κ1) is 6.87. The van der Waals surface area contributed by atoms with Gasteiger partial charge in [0.05, 0.1) is 7.11 Å². The molecular weight excluding hydrogens is 118 g/mol. The maximum absolute atomic E-state index is 9.96. The van der Waals surface area contributed by atoms with Crippen LogP contribution in [0.4, 0.5) is 0 Å². The van der Waals surface area contributed by atoms with Crippen LogP contribution in [-0.2, 0) is 14.3 Å². The van der Waals surface area contributed by atoms with Gasteiger partial charge in [-0.15, -0.1) is 0 Å². The Morgan fingerprint density at radius 3 is 2.14 bits per heavy atom. The molecule has 0 saturated heterocycles. The molecule has 1 N–H and O–H groups in total. The van der Waals surface area contributed by atoms with Crippen LogP contribution in [0.3, 0.4) is 0 Å². The van der Waals surface area contributed by atoms with Crippen molar-refractivity contribution < 1.29 is 12.6 Å². The Morgan fingerprint density at radius 2 is 2.14 bits per heavy atom. The van der Waals surface area contributed by atoms with E-state index in [4.69, 9.17) is 5.73 Å². The summed E-state index contributed by atoms with van der Waals surface area (Å²) in [4.78, 5) is 0. The molecule has 0 aromatic heterocycles. The normalized spacial score (nSPS) is 11.7. The van der Waals surface area contributed by atoms with Crippen LogP contribution in [0.25, 0.3) is 0 Å². The highest BCUT2D eigenvalue weighted by atomic mass is 32.2. The molecule has 43 valence electrons. The van der Waals surface area contributed by atoms with E-state index in [1.807, 2.05) is 0 Å². The van der Waals surface area contributed by atoms with E-state index in [-0.39, 0.29) is 0 Å². The Balaban J connectivity index is 3.89. The molecule has 0 unspecified atom stereocenters. The van der Waals surface area contributed by atoms with Crippen molar-refractivity contribution in [2.75, 3.05) is 13.0 Å². The summed E-state index contributed by atoms with van der Waals surface area (Å²) in [5.74, 6) is -0.705. The zero-order valence-corrected chi connectivity index (χ0v) is 4.66. The van der Waals surface area contributed by atoms with Crippen LogP contribution in [-0.4, -0.2) is 21.4 Å². The predicted molar refractivity (Wildman–Crippen MR) is 23.9 cm³/mol. The lowest BCUT2D eigenvalue weighted by atomic mass is 11.6. The lowest BCUT2D eigenvalue weighted by molar-refractivity contribution is 0.398. The smallest absolute Gasteiger partial charge is 0.272 e. The second kappa shape index (κ2) is 2.25. The fourth-order valence-electron chi connectivity index (χ4n) is 0.0589. The molecule has 0 aliphatic carbocycles. The van der Waals surface area contributed by atoms with E-state index in [0.717, 1.165) is 7.11 Å². The Bertz CT molecular complexity index is 116. The van der Waals surface area contributed by atoms with Crippen molar-refractivity contribution in [1.29, 1.82) is 0 Å². The minimum atomic E-state index is -3.49. The van der Waals surface area contributed by atoms with Crippen LogP contribution in [0.1, 0.15) is 0 Å². The molecule has 5 heteroatoms. The van der Waals surface area contributed by atoms with Crippen LogP contribution in [0, 0.1) is 0 Å². The molecule has 0 aliphatic heterocycles. The van der Waals surface area contributed by atoms with Gasteiger partial charge >= 0.3 is 0 Å². The Kier molecular flexibility index (Phi) is 2.21. The minimum absolute atomic E-state index is 0.705. The molecular formula is C2H6NO3S. The molecule has 0 aromatic rings. The van der Waals surface area contributed by atoms with Crippen molar-refractivity contribution in [1.82, 2.24) is 5.73 Å². The fraction of sp³-hybridized carbons (Fsp3) is 1.00. The quantitative estimate of drug-likeness (QED) is 0.453. The molecule has 0 heterocycles. The van der Waals surface area contributed by atoms with Gasteiger partial charge in [-0.05, 0) is 0 Å². The summed E-state index contributed by atoms with van der Waals surface area (Å²) in [5.41, 5.74) is 6.29. The van der Waals surface area contributed by atoms with E-state index in [0.29, 0.717) is 0 Å². The third-order valence-electron chi connectivity index (χ3n) is 0.431. The fourth-order valence-corrected chi connectivity index (χ4v) is 0.177. The second-order valence-electron chi connectivity index (χ2n) is 0.869. The number of hydrogen-bond acceptors (Lipinski definition) is 3. The van der Waals surface area contributed by atoms with Gasteiger partial charge in [-0.1, -0.05) is 0 Å². The minimum Gasteiger partial charge on any atom is -0.272 e. The molecule has 0 atom stereocenters. The molecule has 7 heavy (non-hydrogen) atoms. The SMILES string of the molecule is COS(=O)(=O)C[NH]. The largest absolute Gasteiger partial charge is 0.281 e. The summed E-state index contributed by atoms with van der Waals surface area (Å²) in [6.45, 7) is 0. The molecule has 0 bridgehead atoms. The summed E-state index contributed by atoms with van der Waals surface area (Å²) in [5, 5.41) is 0. The maximum atomic E-state index is 9.96. The van der Waals surface area contributed by atoms with Gasteiger partial charge in [-0.3, -0.25) is 4.18 Å². The van der Waals surface area contributed by atoms with Crippen molar-refractivity contribution in [2.45, 2.75) is 0 Å². The monoisotopic (exact) mass is 124 g/mol. The van der Waals surface area contributed by atoms with Gasteiger partial charge in [0.1, 0.15) is 5.88 Å². The van der Waals surface area contributed by atoms with Gasteiger partial charge in [0.2, 0.25) is 0 Å². The Hall–Kier alpha value is -0.130. The molecule has 4 nitrogen and oxygen atoms in total. The van der Waals surface area contributed by atoms with Gasteiger partial charge in [0.15, 0.2) is 0 Å². The van der Waals surface area contributed by atoms with Crippen molar-refractivity contribution in [3.8, 4) is 0 Å². The van der Waals surface area contributed by atoms with Crippen LogP contribution in [0.5, 0.6) is 0 Å². The van der Waals surface area contributed by atoms with E-state index >= 15 is 0 Å². The molecule has 0 fully saturated rings. The van der Waals surface area contributed by atoms with Gasteiger partial charge in [-0.2, -0.15) is 8.42 Å². The standard InChI is InChI=1S/C2H6NO3S/c1-6-7(4,5)2-3/h3H,2H2,1H3. The highest BCUT2D eigenvalue weighted by Crippen LogP contribution is 1.82. The average Bonchev–Trinajstić information content (AvgIpc) is 1.68. The van der Waals surface area contributed by atoms with Gasteiger partial charge in [-0.25, -0.2) is 5.73 Å². The Labute approximate surface area is 42.4 Å². The number of rotatable bonds is 2. The summed E-state index contributed by atoms with van der Waals surface area (Å²) in [7, 11) is -2.46. The van der Waals surface area contributed by atoms with E-state index in [9.17, 15) is 8.42 Å². The topological polar surface area (TPSA) is 67.2 Å². The number of nitrogens with one attached hydrogen (secondary N) is 1. The van der Waals surface area contributed by atoms with Gasteiger partial charge in [0.25, 0.3) is 10.1 Å². The molecule has 0 aliphatic rings. The van der Waals surface area contributed by atoms with Crippen molar-refractivity contribution in [3.05, 3.63) is 0 Å². The summed E-state index contributed by atoms with van der Waals surface area (Å²) >= 11 is 0. The van der Waals surface area contributed by atoms with Crippen molar-refractivity contribution in [2.24, 2.45) is 0 Å². The van der Waals surface area contributed by atoms with Crippen LogP contribution in [0.2, 0.25) is 0 Å². The van der Waals surface area contributed by atoms with Crippen molar-refractivity contribution >= 4 is 10.1 Å². The van der Waals surface area contributed by atoms with Crippen LogP contribution >= 0.6 is 0 Å². The second-order valence-corrected chi connectivity index (χ2v) is 2.61. The molecule has 0 amide bonds. The first-order chi connectivity index (χ1) is 3.12. The first-order valence-corrected chi connectivity index (χ1v) is 3.13. The zero-order valence-electron chi connectivity index (χ0n) is 3.84. The Morgan fingerprint density at radius 1 is 1.71 bits per heavy atom. The highest BCUT2D eigenvalue weighted by molar-refractivity contribution is 7.86. The van der Waals surface area contributed by atoms with Gasteiger partial charge < -0.3 is 0 Å². The van der Waals surface area contributed by atoms with Crippen LogP contribution < -0.4 is 5.73 Å². The molecule has 0 aromatic carbocycles. The summed E-state index contributed by atoms with van der Waals surface area (Å²) in [6.07, 6.45) is 0. The van der Waals surface area contributed by atoms with E-state index < -0.39 is 16.0 Å². The zero-order chi connectivity index (χ0) is 5.91. The van der Waals surface area contributed by atoms with E-state index in [2.05, 4.69) is 4.18 Å². The summed E-state index contributed by atoms with van der Waals surface area (Å²) in [6, 6.07) is 0. The molecule has 0 saturated carbocycles. The average molecular weight is 124 g/mol. The maximum Gasteiger partial charge on any atom is 0.281 e. The lowest BCUT2D eigenvalue weighted by Gasteiger charge is -1.90. The highest BCUT2D eigenvalue weighted by Gasteiger charge is 2.01. The predicted octanol–water partition coefficient (Wildman–Crippen LogP) is -0.797. The molecule has 0 spiro atoms. The van der Waals surface area contributed by atoms with Gasteiger partial charge in [0, 0.05) is 0 Å². The summed E-state index contributed by atoms with van der Waals surface area (Å²) < 4.78 is 23.8. The van der Waals surface area contributed by atoms with E-state index in [1.54, 1.807) is 0 Å². The third-order valence-corrected chi connectivity index (χ3v) is 1.29. The van der Waals surface area contributed by atoms with E-state index in [1.165, 1.54) is 0 Å². The third kappa shape index (κ3) is 2.55. The van der Waals surface area contributed by atoms with Crippen LogP contribution in [0.15, 0.2) is 0 Å². The number of hydrogen-bond donors (Lipinski definition) is 0.